The van der Waals surface area contributed by atoms with Gasteiger partial charge in [0.15, 0.2) is 12.0 Å². The Morgan fingerprint density at radius 1 is 1.07 bits per heavy atom. The molecule has 6 nitrogen and oxygen atoms in total. The van der Waals surface area contributed by atoms with Gasteiger partial charge in [-0.1, -0.05) is 81.4 Å². The number of hydrogen-bond donors (Lipinski definition) is 0. The molecule has 0 spiro atoms. The Labute approximate surface area is 171 Å². The summed E-state index contributed by atoms with van der Waals surface area (Å²) in [5, 5.41) is 0. The normalized spacial score (nSPS) is 22.0. The summed E-state index contributed by atoms with van der Waals surface area (Å²) in [6, 6.07) is 15.2. The zero-order chi connectivity index (χ0) is 21.9. The Morgan fingerprint density at radius 3 is 2.24 bits per heavy atom. The zero-order valence-corrected chi connectivity index (χ0v) is 16.8. The van der Waals surface area contributed by atoms with Crippen LogP contribution in [-0.2, 0) is 20.9 Å². The van der Waals surface area contributed by atoms with Gasteiger partial charge in [0.1, 0.15) is 12.6 Å². The number of rotatable bonds is 5. The lowest BCUT2D eigenvalue weighted by atomic mass is 9.93. The van der Waals surface area contributed by atoms with Crippen LogP contribution < -0.4 is 0 Å². The van der Waals surface area contributed by atoms with Crippen LogP contribution >= 0.6 is 0 Å². The molecule has 0 aliphatic carbocycles. The molecule has 0 unspecified atom stereocenters. The molecule has 152 valence electrons. The van der Waals surface area contributed by atoms with Crippen LogP contribution in [0.1, 0.15) is 44.5 Å². The van der Waals surface area contributed by atoms with E-state index in [1.54, 1.807) is 63.2 Å². The van der Waals surface area contributed by atoms with E-state index in [1.807, 2.05) is 18.2 Å². The summed E-state index contributed by atoms with van der Waals surface area (Å²) in [7, 11) is 0. The number of benzene rings is 2. The molecule has 0 N–H and O–H groups in total. The molecule has 0 aromatic heterocycles. The van der Waals surface area contributed by atoms with Crippen LogP contribution in [0.2, 0.25) is 0 Å². The van der Waals surface area contributed by atoms with Crippen LogP contribution in [-0.4, -0.2) is 35.0 Å². The smallest absolute Gasteiger partial charge is 0.413 e. The summed E-state index contributed by atoms with van der Waals surface area (Å²) in [4.78, 5) is 39.4. The van der Waals surface area contributed by atoms with Crippen LogP contribution in [0.25, 0.3) is 0 Å². The SMILES string of the molecule is [2H][C@]1(CC(=O)c2ccccc2)C(=O)O[C@@H](C(C)(C)C)N1C(=O)OCc1ccccc1. The highest BCUT2D eigenvalue weighted by molar-refractivity contribution is 6.00. The molecule has 0 bridgehead atoms. The predicted molar refractivity (Wildman–Crippen MR) is 107 cm³/mol. The number of cyclic esters (lactones) is 1. The predicted octanol–water partition coefficient (Wildman–Crippen LogP) is 4.20. The summed E-state index contributed by atoms with van der Waals surface area (Å²) in [6.45, 7) is 5.33. The molecular formula is C23H25NO5. The van der Waals surface area contributed by atoms with Crippen molar-refractivity contribution in [3.63, 3.8) is 0 Å². The minimum Gasteiger partial charge on any atom is -0.444 e. The van der Waals surface area contributed by atoms with Crippen molar-refractivity contribution in [1.82, 2.24) is 4.90 Å². The average molecular weight is 396 g/mol. The highest BCUT2D eigenvalue weighted by Gasteiger charge is 2.51. The molecule has 3 rings (SSSR count). The number of carbonyl (C=O) groups is 3. The monoisotopic (exact) mass is 396 g/mol. The van der Waals surface area contributed by atoms with Gasteiger partial charge >= 0.3 is 12.1 Å². The van der Waals surface area contributed by atoms with E-state index in [9.17, 15) is 14.4 Å². The van der Waals surface area contributed by atoms with Crippen LogP contribution in [0.5, 0.6) is 0 Å². The molecule has 1 aliphatic rings. The van der Waals surface area contributed by atoms with Gasteiger partial charge in [-0.25, -0.2) is 9.59 Å². The first-order valence-electron chi connectivity index (χ1n) is 9.92. The molecule has 1 heterocycles. The second-order valence-corrected chi connectivity index (χ2v) is 7.95. The van der Waals surface area contributed by atoms with Crippen LogP contribution in [0.4, 0.5) is 4.79 Å². The summed E-state index contributed by atoms with van der Waals surface area (Å²) >= 11 is 0. The van der Waals surface area contributed by atoms with Crippen molar-refractivity contribution in [2.24, 2.45) is 5.41 Å². The van der Waals surface area contributed by atoms with Crippen molar-refractivity contribution in [2.75, 3.05) is 0 Å². The number of ketones is 1. The maximum atomic E-state index is 13.0. The maximum absolute atomic E-state index is 13.0. The van der Waals surface area contributed by atoms with Gasteiger partial charge in [0, 0.05) is 17.4 Å². The van der Waals surface area contributed by atoms with Crippen molar-refractivity contribution >= 4 is 17.8 Å². The number of ether oxygens (including phenoxy) is 2. The molecule has 1 aliphatic heterocycles. The van der Waals surface area contributed by atoms with Crippen molar-refractivity contribution in [2.45, 2.75) is 46.0 Å². The van der Waals surface area contributed by atoms with Crippen molar-refractivity contribution in [3.05, 3.63) is 71.8 Å². The van der Waals surface area contributed by atoms with E-state index in [0.29, 0.717) is 5.56 Å². The summed E-state index contributed by atoms with van der Waals surface area (Å²) in [6.07, 6.45) is -2.43. The lowest BCUT2D eigenvalue weighted by Gasteiger charge is -2.33. The number of nitrogens with zero attached hydrogens (tertiary/aromatic N) is 1. The Kier molecular flexibility index (Phi) is 5.60. The highest BCUT2D eigenvalue weighted by atomic mass is 16.6. The fraction of sp³-hybridized carbons (Fsp3) is 0.348. The Bertz CT molecular complexity index is 926. The number of amides is 1. The Hall–Kier alpha value is -3.15. The molecule has 1 fully saturated rings. The lowest BCUT2D eigenvalue weighted by molar-refractivity contribution is -0.147. The third-order valence-corrected chi connectivity index (χ3v) is 4.55. The largest absolute Gasteiger partial charge is 0.444 e. The van der Waals surface area contributed by atoms with Crippen molar-refractivity contribution in [1.29, 1.82) is 0 Å². The van der Waals surface area contributed by atoms with E-state index in [4.69, 9.17) is 10.8 Å². The standard InChI is InChI=1S/C23H25NO5/c1-23(2,3)21-24(22(27)28-15-16-10-6-4-7-11-16)18(20(26)29-21)14-19(25)17-12-8-5-9-13-17/h4-13,18,21H,14-15H2,1-3H3/t18-,21-/m0/s1/i18D. The van der Waals surface area contributed by atoms with E-state index in [1.165, 1.54) is 0 Å². The molecule has 1 amide bonds. The fourth-order valence-corrected chi connectivity index (χ4v) is 3.06. The topological polar surface area (TPSA) is 72.9 Å². The minimum absolute atomic E-state index is 0.0239. The van der Waals surface area contributed by atoms with Crippen LogP contribution in [0, 0.1) is 5.41 Å². The van der Waals surface area contributed by atoms with Gasteiger partial charge in [-0.15, -0.1) is 0 Å². The maximum Gasteiger partial charge on any atom is 0.413 e. The Balaban J connectivity index is 1.87. The molecule has 1 saturated heterocycles. The van der Waals surface area contributed by atoms with Gasteiger partial charge < -0.3 is 9.47 Å². The van der Waals surface area contributed by atoms with Crippen LogP contribution in [0.15, 0.2) is 60.7 Å². The molecule has 2 aromatic rings. The van der Waals surface area contributed by atoms with Gasteiger partial charge in [0.25, 0.3) is 0 Å². The zero-order valence-electron chi connectivity index (χ0n) is 17.8. The first-order chi connectivity index (χ1) is 14.1. The van der Waals surface area contributed by atoms with Gasteiger partial charge in [-0.3, -0.25) is 9.69 Å². The van der Waals surface area contributed by atoms with E-state index < -0.39 is 41.9 Å². The second kappa shape index (κ2) is 8.47. The van der Waals surface area contributed by atoms with Gasteiger partial charge in [-0.2, -0.15) is 0 Å². The first-order valence-corrected chi connectivity index (χ1v) is 9.42. The molecule has 2 aromatic carbocycles. The third kappa shape index (κ3) is 4.83. The van der Waals surface area contributed by atoms with Gasteiger partial charge in [0.05, 0.1) is 1.37 Å². The molecule has 0 saturated carbocycles. The fourth-order valence-electron chi connectivity index (χ4n) is 3.06. The second-order valence-electron chi connectivity index (χ2n) is 7.95. The minimum atomic E-state index is -2.21. The van der Waals surface area contributed by atoms with Gasteiger partial charge in [-0.05, 0) is 5.56 Å². The molecule has 0 radical (unpaired) electrons. The number of carbonyl (C=O) groups excluding carboxylic acids is 3. The third-order valence-electron chi connectivity index (χ3n) is 4.55. The van der Waals surface area contributed by atoms with Gasteiger partial charge in [0.2, 0.25) is 0 Å². The average Bonchev–Trinajstić information content (AvgIpc) is 2.98. The van der Waals surface area contributed by atoms with Crippen molar-refractivity contribution < 1.29 is 25.2 Å². The Morgan fingerprint density at radius 2 is 1.66 bits per heavy atom. The van der Waals surface area contributed by atoms with E-state index in [2.05, 4.69) is 0 Å². The molecular weight excluding hydrogens is 370 g/mol. The summed E-state index contributed by atoms with van der Waals surface area (Å²) in [5.41, 5.74) is 0.439. The van der Waals surface area contributed by atoms with Crippen molar-refractivity contribution in [3.8, 4) is 0 Å². The molecule has 2 atom stereocenters. The number of Topliss-reactive ketones (excluding diaryl/α,β-unsaturated/α-hetero) is 1. The summed E-state index contributed by atoms with van der Waals surface area (Å²) < 4.78 is 19.6. The van der Waals surface area contributed by atoms with E-state index in [-0.39, 0.29) is 6.61 Å². The number of esters is 1. The molecule has 29 heavy (non-hydrogen) atoms. The number of hydrogen-bond acceptors (Lipinski definition) is 5. The summed E-state index contributed by atoms with van der Waals surface area (Å²) in [5.74, 6) is -1.37. The van der Waals surface area contributed by atoms with Crippen LogP contribution in [0.3, 0.4) is 0 Å². The first kappa shape index (κ1) is 19.2. The van der Waals surface area contributed by atoms with E-state index >= 15 is 0 Å². The highest BCUT2D eigenvalue weighted by Crippen LogP contribution is 2.34. The quantitative estimate of drug-likeness (QED) is 0.560. The van der Waals surface area contributed by atoms with E-state index in [0.717, 1.165) is 10.5 Å². The lowest BCUT2D eigenvalue weighted by Crippen LogP contribution is -2.48. The molecule has 6 heteroatoms.